The van der Waals surface area contributed by atoms with Crippen molar-refractivity contribution in [2.75, 3.05) is 32.8 Å². The molecule has 1 aromatic rings. The van der Waals surface area contributed by atoms with Gasteiger partial charge in [0.05, 0.1) is 12.7 Å². The maximum atomic E-state index is 11.9. The SMILES string of the molecule is O=C(CCOC1CNC1)NCC1NCCc2ccccc21. The number of benzene rings is 1. The number of amides is 1. The summed E-state index contributed by atoms with van der Waals surface area (Å²) in [6.45, 7) is 3.93. The van der Waals surface area contributed by atoms with Gasteiger partial charge in [-0.3, -0.25) is 4.79 Å². The van der Waals surface area contributed by atoms with Gasteiger partial charge >= 0.3 is 0 Å². The first-order chi connectivity index (χ1) is 10.3. The van der Waals surface area contributed by atoms with Gasteiger partial charge in [-0.1, -0.05) is 24.3 Å². The monoisotopic (exact) mass is 289 g/mol. The Balaban J connectivity index is 1.41. The Labute approximate surface area is 125 Å². The maximum absolute atomic E-state index is 11.9. The molecule has 0 bridgehead atoms. The first kappa shape index (κ1) is 14.5. The third-order valence-electron chi connectivity index (χ3n) is 4.15. The van der Waals surface area contributed by atoms with Gasteiger partial charge in [0.2, 0.25) is 5.91 Å². The van der Waals surface area contributed by atoms with Crippen LogP contribution >= 0.6 is 0 Å². The van der Waals surface area contributed by atoms with Crippen LogP contribution in [0.3, 0.4) is 0 Å². The van der Waals surface area contributed by atoms with E-state index in [1.165, 1.54) is 11.1 Å². The van der Waals surface area contributed by atoms with E-state index >= 15 is 0 Å². The number of carbonyl (C=O) groups is 1. The molecule has 0 spiro atoms. The van der Waals surface area contributed by atoms with E-state index in [1.54, 1.807) is 0 Å². The molecule has 1 saturated heterocycles. The van der Waals surface area contributed by atoms with Gasteiger partial charge in [0, 0.05) is 32.1 Å². The minimum atomic E-state index is 0.0622. The second kappa shape index (κ2) is 7.02. The van der Waals surface area contributed by atoms with Gasteiger partial charge < -0.3 is 20.7 Å². The summed E-state index contributed by atoms with van der Waals surface area (Å²) in [5.41, 5.74) is 2.69. The van der Waals surface area contributed by atoms with Crippen molar-refractivity contribution < 1.29 is 9.53 Å². The van der Waals surface area contributed by atoms with E-state index in [9.17, 15) is 4.79 Å². The Kier molecular flexibility index (Phi) is 4.85. The largest absolute Gasteiger partial charge is 0.375 e. The highest BCUT2D eigenvalue weighted by Crippen LogP contribution is 2.21. The topological polar surface area (TPSA) is 62.4 Å². The molecule has 114 valence electrons. The molecule has 1 fully saturated rings. The van der Waals surface area contributed by atoms with Gasteiger partial charge in [-0.05, 0) is 24.1 Å². The predicted molar refractivity (Wildman–Crippen MR) is 81.1 cm³/mol. The quantitative estimate of drug-likeness (QED) is 0.708. The first-order valence-corrected chi connectivity index (χ1v) is 7.73. The van der Waals surface area contributed by atoms with Crippen molar-refractivity contribution in [1.82, 2.24) is 16.0 Å². The lowest BCUT2D eigenvalue weighted by Gasteiger charge is -2.28. The van der Waals surface area contributed by atoms with Crippen LogP contribution in [0.5, 0.6) is 0 Å². The number of carbonyl (C=O) groups excluding carboxylic acids is 1. The Morgan fingerprint density at radius 3 is 3.00 bits per heavy atom. The van der Waals surface area contributed by atoms with E-state index in [-0.39, 0.29) is 11.9 Å². The summed E-state index contributed by atoms with van der Waals surface area (Å²) in [4.78, 5) is 11.9. The third-order valence-corrected chi connectivity index (χ3v) is 4.15. The Hall–Kier alpha value is -1.43. The molecule has 2 aliphatic rings. The molecule has 0 aliphatic carbocycles. The fraction of sp³-hybridized carbons (Fsp3) is 0.562. The number of hydrogen-bond acceptors (Lipinski definition) is 4. The normalized spacial score (nSPS) is 21.4. The van der Waals surface area contributed by atoms with Crippen molar-refractivity contribution in [3.63, 3.8) is 0 Å². The van der Waals surface area contributed by atoms with Crippen LogP contribution in [0.15, 0.2) is 24.3 Å². The van der Waals surface area contributed by atoms with Crippen molar-refractivity contribution >= 4 is 5.91 Å². The molecule has 1 unspecified atom stereocenters. The fourth-order valence-corrected chi connectivity index (χ4v) is 2.78. The standard InChI is InChI=1S/C16H23N3O2/c20-16(6-8-21-13-9-17-10-13)19-11-15-14-4-2-1-3-12(14)5-7-18-15/h1-4,13,15,17-18H,5-11H2,(H,19,20). The van der Waals surface area contributed by atoms with Gasteiger partial charge in [-0.2, -0.15) is 0 Å². The summed E-state index contributed by atoms with van der Waals surface area (Å²) in [5, 5.41) is 9.62. The number of ether oxygens (including phenoxy) is 1. The van der Waals surface area contributed by atoms with Crippen molar-refractivity contribution in [1.29, 1.82) is 0 Å². The molecule has 0 radical (unpaired) electrons. The van der Waals surface area contributed by atoms with E-state index in [4.69, 9.17) is 4.74 Å². The summed E-state index contributed by atoms with van der Waals surface area (Å²) in [7, 11) is 0. The number of nitrogens with one attached hydrogen (secondary N) is 3. The van der Waals surface area contributed by atoms with Crippen LogP contribution in [-0.4, -0.2) is 44.8 Å². The van der Waals surface area contributed by atoms with E-state index in [1.807, 2.05) is 0 Å². The first-order valence-electron chi connectivity index (χ1n) is 7.73. The number of fused-ring (bicyclic) bond motifs is 1. The summed E-state index contributed by atoms with van der Waals surface area (Å²) < 4.78 is 5.56. The fourth-order valence-electron chi connectivity index (χ4n) is 2.78. The summed E-state index contributed by atoms with van der Waals surface area (Å²) >= 11 is 0. The zero-order chi connectivity index (χ0) is 14.5. The highest BCUT2D eigenvalue weighted by atomic mass is 16.5. The Morgan fingerprint density at radius 2 is 2.19 bits per heavy atom. The highest BCUT2D eigenvalue weighted by molar-refractivity contribution is 5.76. The van der Waals surface area contributed by atoms with Crippen LogP contribution in [0.25, 0.3) is 0 Å². The zero-order valence-corrected chi connectivity index (χ0v) is 12.2. The lowest BCUT2D eigenvalue weighted by molar-refractivity contribution is -0.123. The van der Waals surface area contributed by atoms with E-state index in [2.05, 4.69) is 40.2 Å². The molecule has 1 aromatic carbocycles. The second-order valence-corrected chi connectivity index (χ2v) is 5.66. The molecule has 0 saturated carbocycles. The molecule has 2 aliphatic heterocycles. The van der Waals surface area contributed by atoms with Crippen molar-refractivity contribution in [3.8, 4) is 0 Å². The third kappa shape index (κ3) is 3.81. The Morgan fingerprint density at radius 1 is 1.33 bits per heavy atom. The predicted octanol–water partition coefficient (Wildman–Crippen LogP) is 0.368. The van der Waals surface area contributed by atoms with Crippen molar-refractivity contribution in [2.24, 2.45) is 0 Å². The van der Waals surface area contributed by atoms with Crippen LogP contribution in [0.4, 0.5) is 0 Å². The summed E-state index contributed by atoms with van der Waals surface area (Å²) in [6, 6.07) is 8.67. The average molecular weight is 289 g/mol. The van der Waals surface area contributed by atoms with Gasteiger partial charge in [-0.25, -0.2) is 0 Å². The zero-order valence-electron chi connectivity index (χ0n) is 12.2. The Bertz CT molecular complexity index is 488. The van der Waals surface area contributed by atoms with Gasteiger partial charge in [0.25, 0.3) is 0 Å². The number of hydrogen-bond donors (Lipinski definition) is 3. The van der Waals surface area contributed by atoms with E-state index in [0.717, 1.165) is 26.1 Å². The minimum Gasteiger partial charge on any atom is -0.375 e. The molecule has 1 amide bonds. The molecular weight excluding hydrogens is 266 g/mol. The average Bonchev–Trinajstić information content (AvgIpc) is 2.47. The molecule has 2 heterocycles. The van der Waals surface area contributed by atoms with E-state index < -0.39 is 0 Å². The van der Waals surface area contributed by atoms with Gasteiger partial charge in [0.1, 0.15) is 0 Å². The maximum Gasteiger partial charge on any atom is 0.222 e. The summed E-state index contributed by atoms with van der Waals surface area (Å²) in [5.74, 6) is 0.0622. The van der Waals surface area contributed by atoms with Crippen LogP contribution in [0.2, 0.25) is 0 Å². The molecule has 3 N–H and O–H groups in total. The molecule has 21 heavy (non-hydrogen) atoms. The lowest BCUT2D eigenvalue weighted by atomic mass is 9.94. The molecule has 3 rings (SSSR count). The molecular formula is C16H23N3O2. The van der Waals surface area contributed by atoms with Crippen LogP contribution < -0.4 is 16.0 Å². The van der Waals surface area contributed by atoms with Gasteiger partial charge in [0.15, 0.2) is 0 Å². The van der Waals surface area contributed by atoms with Crippen molar-refractivity contribution in [2.45, 2.75) is 25.0 Å². The highest BCUT2D eigenvalue weighted by Gasteiger charge is 2.20. The number of rotatable bonds is 6. The second-order valence-electron chi connectivity index (χ2n) is 5.66. The van der Waals surface area contributed by atoms with Gasteiger partial charge in [-0.15, -0.1) is 0 Å². The summed E-state index contributed by atoms with van der Waals surface area (Å²) in [6.07, 6.45) is 1.79. The smallest absolute Gasteiger partial charge is 0.222 e. The van der Waals surface area contributed by atoms with Crippen LogP contribution in [-0.2, 0) is 16.0 Å². The van der Waals surface area contributed by atoms with Crippen LogP contribution in [0.1, 0.15) is 23.6 Å². The molecule has 1 atom stereocenters. The minimum absolute atomic E-state index is 0.0622. The molecule has 5 heteroatoms. The van der Waals surface area contributed by atoms with E-state index in [0.29, 0.717) is 25.7 Å². The van der Waals surface area contributed by atoms with Crippen molar-refractivity contribution in [3.05, 3.63) is 35.4 Å². The van der Waals surface area contributed by atoms with Crippen LogP contribution in [0, 0.1) is 0 Å². The molecule has 5 nitrogen and oxygen atoms in total. The lowest BCUT2D eigenvalue weighted by Crippen LogP contribution is -2.48. The molecule has 0 aromatic heterocycles.